The van der Waals surface area contributed by atoms with Gasteiger partial charge < -0.3 is 10.4 Å². The standard InChI is InChI=1S/C10H22N2O/c1-9(2,3)12-6-5-11-7-10(4,13)8-12/h11,13H,5-8H2,1-4H3. The molecule has 0 aromatic carbocycles. The van der Waals surface area contributed by atoms with Crippen LogP contribution in [0.3, 0.4) is 0 Å². The summed E-state index contributed by atoms with van der Waals surface area (Å²) < 4.78 is 0. The molecule has 0 aromatic rings. The van der Waals surface area contributed by atoms with Crippen LogP contribution in [-0.2, 0) is 0 Å². The van der Waals surface area contributed by atoms with Crippen LogP contribution in [0.4, 0.5) is 0 Å². The van der Waals surface area contributed by atoms with Crippen molar-refractivity contribution < 1.29 is 5.11 Å². The Morgan fingerprint density at radius 1 is 1.38 bits per heavy atom. The molecule has 1 aliphatic rings. The fraction of sp³-hybridized carbons (Fsp3) is 1.00. The monoisotopic (exact) mass is 186 g/mol. The summed E-state index contributed by atoms with van der Waals surface area (Å²) in [6.07, 6.45) is 0. The summed E-state index contributed by atoms with van der Waals surface area (Å²) >= 11 is 0. The van der Waals surface area contributed by atoms with Crippen molar-refractivity contribution in [2.24, 2.45) is 0 Å². The molecule has 78 valence electrons. The molecule has 0 bridgehead atoms. The molecule has 3 heteroatoms. The Hall–Kier alpha value is -0.120. The van der Waals surface area contributed by atoms with E-state index in [0.29, 0.717) is 6.54 Å². The van der Waals surface area contributed by atoms with Gasteiger partial charge in [0.05, 0.1) is 5.60 Å². The lowest BCUT2D eigenvalue weighted by Gasteiger charge is -2.37. The van der Waals surface area contributed by atoms with E-state index in [4.69, 9.17) is 0 Å². The second kappa shape index (κ2) is 3.56. The molecule has 1 heterocycles. The van der Waals surface area contributed by atoms with Gasteiger partial charge >= 0.3 is 0 Å². The minimum atomic E-state index is -0.593. The molecule has 0 radical (unpaired) electrons. The number of hydrogen-bond donors (Lipinski definition) is 2. The third-order valence-corrected chi connectivity index (χ3v) is 2.54. The lowest BCUT2D eigenvalue weighted by molar-refractivity contribution is 0.00690. The molecule has 1 atom stereocenters. The van der Waals surface area contributed by atoms with E-state index in [1.807, 2.05) is 6.92 Å². The molecule has 0 aliphatic carbocycles. The smallest absolute Gasteiger partial charge is 0.0869 e. The fourth-order valence-corrected chi connectivity index (χ4v) is 1.69. The zero-order chi connectivity index (χ0) is 10.1. The molecular weight excluding hydrogens is 164 g/mol. The van der Waals surface area contributed by atoms with Gasteiger partial charge in [-0.05, 0) is 27.7 Å². The summed E-state index contributed by atoms with van der Waals surface area (Å²) in [5, 5.41) is 13.2. The molecule has 13 heavy (non-hydrogen) atoms. The number of nitrogens with one attached hydrogen (secondary N) is 1. The predicted octanol–water partition coefficient (Wildman–Crippen LogP) is 0.441. The molecule has 2 N–H and O–H groups in total. The quantitative estimate of drug-likeness (QED) is 0.576. The Balaban J connectivity index is 2.65. The summed E-state index contributed by atoms with van der Waals surface area (Å²) in [5.74, 6) is 0. The van der Waals surface area contributed by atoms with E-state index in [2.05, 4.69) is 31.0 Å². The molecule has 3 nitrogen and oxygen atoms in total. The van der Waals surface area contributed by atoms with Crippen LogP contribution in [-0.4, -0.2) is 47.3 Å². The average molecular weight is 186 g/mol. The first-order chi connectivity index (χ1) is 5.81. The molecule has 1 saturated heterocycles. The molecule has 0 saturated carbocycles. The largest absolute Gasteiger partial charge is 0.388 e. The Morgan fingerprint density at radius 3 is 2.54 bits per heavy atom. The molecule has 0 aromatic heterocycles. The maximum Gasteiger partial charge on any atom is 0.0869 e. The number of rotatable bonds is 0. The van der Waals surface area contributed by atoms with Crippen LogP contribution in [0.15, 0.2) is 0 Å². The molecule has 1 fully saturated rings. The highest BCUT2D eigenvalue weighted by molar-refractivity contribution is 4.88. The zero-order valence-electron chi connectivity index (χ0n) is 9.22. The number of nitrogens with zero attached hydrogens (tertiary/aromatic N) is 1. The highest BCUT2D eigenvalue weighted by Crippen LogP contribution is 2.18. The second-order valence-electron chi connectivity index (χ2n) is 5.27. The van der Waals surface area contributed by atoms with Crippen molar-refractivity contribution in [3.63, 3.8) is 0 Å². The van der Waals surface area contributed by atoms with Crippen LogP contribution in [0, 0.1) is 0 Å². The van der Waals surface area contributed by atoms with Crippen molar-refractivity contribution in [1.29, 1.82) is 0 Å². The van der Waals surface area contributed by atoms with Crippen LogP contribution in [0.25, 0.3) is 0 Å². The van der Waals surface area contributed by atoms with Crippen LogP contribution < -0.4 is 5.32 Å². The van der Waals surface area contributed by atoms with Crippen molar-refractivity contribution in [2.75, 3.05) is 26.2 Å². The molecule has 1 rings (SSSR count). The topological polar surface area (TPSA) is 35.5 Å². The van der Waals surface area contributed by atoms with Crippen LogP contribution >= 0.6 is 0 Å². The number of hydrogen-bond acceptors (Lipinski definition) is 3. The van der Waals surface area contributed by atoms with E-state index in [1.54, 1.807) is 0 Å². The molecule has 1 unspecified atom stereocenters. The maximum atomic E-state index is 9.98. The first kappa shape index (κ1) is 11.0. The van der Waals surface area contributed by atoms with Crippen molar-refractivity contribution in [1.82, 2.24) is 10.2 Å². The van der Waals surface area contributed by atoms with E-state index in [0.717, 1.165) is 19.6 Å². The minimum Gasteiger partial charge on any atom is -0.388 e. The van der Waals surface area contributed by atoms with Gasteiger partial charge in [-0.15, -0.1) is 0 Å². The van der Waals surface area contributed by atoms with Gasteiger partial charge in [0.1, 0.15) is 0 Å². The first-order valence-corrected chi connectivity index (χ1v) is 4.99. The molecule has 0 spiro atoms. The van der Waals surface area contributed by atoms with Gasteiger partial charge in [0.15, 0.2) is 0 Å². The van der Waals surface area contributed by atoms with Gasteiger partial charge in [-0.2, -0.15) is 0 Å². The third-order valence-electron chi connectivity index (χ3n) is 2.54. The van der Waals surface area contributed by atoms with Gasteiger partial charge in [0.25, 0.3) is 0 Å². The average Bonchev–Trinajstić information content (AvgIpc) is 2.08. The zero-order valence-corrected chi connectivity index (χ0v) is 9.22. The Morgan fingerprint density at radius 2 is 2.00 bits per heavy atom. The lowest BCUT2D eigenvalue weighted by atomic mass is 10.0. The van der Waals surface area contributed by atoms with Crippen molar-refractivity contribution in [3.8, 4) is 0 Å². The van der Waals surface area contributed by atoms with Crippen molar-refractivity contribution in [3.05, 3.63) is 0 Å². The van der Waals surface area contributed by atoms with Gasteiger partial charge in [0, 0.05) is 31.7 Å². The fourth-order valence-electron chi connectivity index (χ4n) is 1.69. The third kappa shape index (κ3) is 3.25. The summed E-state index contributed by atoms with van der Waals surface area (Å²) in [6.45, 7) is 11.9. The van der Waals surface area contributed by atoms with Crippen LogP contribution in [0.2, 0.25) is 0 Å². The minimum absolute atomic E-state index is 0.149. The van der Waals surface area contributed by atoms with Gasteiger partial charge in [-0.3, -0.25) is 4.90 Å². The highest BCUT2D eigenvalue weighted by atomic mass is 16.3. The van der Waals surface area contributed by atoms with E-state index in [1.165, 1.54) is 0 Å². The summed E-state index contributed by atoms with van der Waals surface area (Å²) in [5.41, 5.74) is -0.445. The second-order valence-corrected chi connectivity index (χ2v) is 5.27. The molecular formula is C10H22N2O. The summed E-state index contributed by atoms with van der Waals surface area (Å²) in [4.78, 5) is 2.33. The van der Waals surface area contributed by atoms with E-state index in [-0.39, 0.29) is 5.54 Å². The Kier molecular flexibility index (Phi) is 3.00. The van der Waals surface area contributed by atoms with E-state index < -0.39 is 5.60 Å². The van der Waals surface area contributed by atoms with E-state index >= 15 is 0 Å². The van der Waals surface area contributed by atoms with Gasteiger partial charge in [0.2, 0.25) is 0 Å². The SMILES string of the molecule is CC1(O)CNCCN(C(C)(C)C)C1. The summed E-state index contributed by atoms with van der Waals surface area (Å²) in [7, 11) is 0. The molecule has 0 amide bonds. The first-order valence-electron chi connectivity index (χ1n) is 4.99. The Bertz CT molecular complexity index is 172. The van der Waals surface area contributed by atoms with E-state index in [9.17, 15) is 5.11 Å². The molecule has 1 aliphatic heterocycles. The number of β-amino-alcohol motifs (C(OH)–C–C–N with tert-alkyl or cyclic N) is 1. The van der Waals surface area contributed by atoms with Gasteiger partial charge in [-0.25, -0.2) is 0 Å². The van der Waals surface area contributed by atoms with Crippen molar-refractivity contribution >= 4 is 0 Å². The highest BCUT2D eigenvalue weighted by Gasteiger charge is 2.31. The Labute approximate surface area is 81.1 Å². The maximum absolute atomic E-state index is 9.98. The normalized spacial score (nSPS) is 33.0. The predicted molar refractivity (Wildman–Crippen MR) is 54.8 cm³/mol. The van der Waals surface area contributed by atoms with Gasteiger partial charge in [-0.1, -0.05) is 0 Å². The lowest BCUT2D eigenvalue weighted by Crippen LogP contribution is -2.50. The number of aliphatic hydroxyl groups is 1. The van der Waals surface area contributed by atoms with Crippen LogP contribution in [0.5, 0.6) is 0 Å². The summed E-state index contributed by atoms with van der Waals surface area (Å²) in [6, 6.07) is 0. The van der Waals surface area contributed by atoms with Crippen molar-refractivity contribution in [2.45, 2.75) is 38.8 Å². The van der Waals surface area contributed by atoms with Crippen LogP contribution in [0.1, 0.15) is 27.7 Å².